The summed E-state index contributed by atoms with van der Waals surface area (Å²) in [7, 11) is 2.02. The van der Waals surface area contributed by atoms with Crippen LogP contribution in [0.1, 0.15) is 26.1 Å². The number of rotatable bonds is 5. The van der Waals surface area contributed by atoms with E-state index >= 15 is 0 Å². The van der Waals surface area contributed by atoms with Crippen LogP contribution in [-0.2, 0) is 13.5 Å². The van der Waals surface area contributed by atoms with Crippen molar-refractivity contribution in [3.05, 3.63) is 54.3 Å². The van der Waals surface area contributed by atoms with Gasteiger partial charge in [-0.15, -0.1) is 0 Å². The van der Waals surface area contributed by atoms with Gasteiger partial charge in [-0.2, -0.15) is 5.10 Å². The minimum absolute atomic E-state index is 0.682. The van der Waals surface area contributed by atoms with E-state index in [0.717, 1.165) is 34.9 Å². The van der Waals surface area contributed by atoms with E-state index in [-0.39, 0.29) is 0 Å². The number of hydrogen-bond donors (Lipinski definition) is 0. The molecule has 0 saturated carbocycles. The summed E-state index contributed by atoms with van der Waals surface area (Å²) in [4.78, 5) is 13.2. The molecule has 2 aromatic rings. The molecule has 3 rings (SSSR count). The van der Waals surface area contributed by atoms with Crippen molar-refractivity contribution in [1.82, 2.24) is 14.6 Å². The fraction of sp³-hybridized carbons (Fsp3) is 0.300. The second kappa shape index (κ2) is 7.91. The van der Waals surface area contributed by atoms with E-state index in [0.29, 0.717) is 18.8 Å². The molecule has 0 unspecified atom stereocenters. The predicted molar refractivity (Wildman–Crippen MR) is 108 cm³/mol. The van der Waals surface area contributed by atoms with Gasteiger partial charge in [-0.3, -0.25) is 10.0 Å². The Bertz CT molecular complexity index is 873. The van der Waals surface area contributed by atoms with Crippen molar-refractivity contribution < 1.29 is 0 Å². The van der Waals surface area contributed by atoms with Gasteiger partial charge in [-0.05, 0) is 20.6 Å². The SMILES string of the molecule is C=N/C(CCc1nc(-c2ccccc2)cn1C)=N\N1CC(C)=NC=C1C. The van der Waals surface area contributed by atoms with Gasteiger partial charge in [0.05, 0.1) is 17.9 Å². The van der Waals surface area contributed by atoms with Gasteiger partial charge < -0.3 is 4.57 Å². The van der Waals surface area contributed by atoms with Gasteiger partial charge in [-0.25, -0.2) is 9.98 Å². The summed E-state index contributed by atoms with van der Waals surface area (Å²) in [6.07, 6.45) is 5.32. The van der Waals surface area contributed by atoms with Gasteiger partial charge in [0.25, 0.3) is 0 Å². The lowest BCUT2D eigenvalue weighted by Crippen LogP contribution is -2.26. The minimum atomic E-state index is 0.682. The van der Waals surface area contributed by atoms with E-state index in [1.54, 1.807) is 0 Å². The van der Waals surface area contributed by atoms with Gasteiger partial charge in [0.1, 0.15) is 11.7 Å². The third-order valence-electron chi connectivity index (χ3n) is 4.29. The van der Waals surface area contributed by atoms with Crippen LogP contribution in [0.15, 0.2) is 63.5 Å². The molecule has 2 heterocycles. The average Bonchev–Trinajstić information content (AvgIpc) is 3.03. The molecule has 26 heavy (non-hydrogen) atoms. The maximum Gasteiger partial charge on any atom is 0.148 e. The lowest BCUT2D eigenvalue weighted by atomic mass is 10.2. The number of nitrogens with zero attached hydrogens (tertiary/aromatic N) is 6. The van der Waals surface area contributed by atoms with Gasteiger partial charge in [0.15, 0.2) is 0 Å². The van der Waals surface area contributed by atoms with Crippen LogP contribution in [-0.4, -0.2) is 39.4 Å². The van der Waals surface area contributed by atoms with Crippen LogP contribution in [0.25, 0.3) is 11.3 Å². The van der Waals surface area contributed by atoms with Gasteiger partial charge in [0, 0.05) is 43.6 Å². The summed E-state index contributed by atoms with van der Waals surface area (Å²) in [6.45, 7) is 8.34. The zero-order valence-corrected chi connectivity index (χ0v) is 15.6. The predicted octanol–water partition coefficient (Wildman–Crippen LogP) is 3.67. The molecule has 1 aromatic carbocycles. The van der Waals surface area contributed by atoms with E-state index < -0.39 is 0 Å². The molecular weight excluding hydrogens is 324 g/mol. The normalized spacial score (nSPS) is 14.9. The molecule has 0 fully saturated rings. The first-order valence-electron chi connectivity index (χ1n) is 8.66. The summed E-state index contributed by atoms with van der Waals surface area (Å²) >= 11 is 0. The highest BCUT2D eigenvalue weighted by molar-refractivity contribution is 5.88. The molecule has 0 spiro atoms. The van der Waals surface area contributed by atoms with Crippen LogP contribution in [0, 0.1) is 0 Å². The Labute approximate surface area is 154 Å². The molecule has 0 radical (unpaired) electrons. The maximum atomic E-state index is 4.76. The molecule has 0 N–H and O–H groups in total. The highest BCUT2D eigenvalue weighted by Gasteiger charge is 2.13. The summed E-state index contributed by atoms with van der Waals surface area (Å²) in [5.74, 6) is 1.71. The fourth-order valence-corrected chi connectivity index (χ4v) is 2.78. The number of aliphatic imine (C=N–C) groups is 2. The topological polar surface area (TPSA) is 58.1 Å². The molecule has 0 bridgehead atoms. The zero-order valence-electron chi connectivity index (χ0n) is 15.6. The van der Waals surface area contributed by atoms with E-state index in [1.165, 1.54) is 0 Å². The van der Waals surface area contributed by atoms with Gasteiger partial charge >= 0.3 is 0 Å². The van der Waals surface area contributed by atoms with Crippen molar-refractivity contribution in [1.29, 1.82) is 0 Å². The Morgan fingerprint density at radius 2 is 2.00 bits per heavy atom. The molecule has 134 valence electrons. The molecule has 1 aromatic heterocycles. The third kappa shape index (κ3) is 4.14. The van der Waals surface area contributed by atoms with E-state index in [4.69, 9.17) is 4.98 Å². The number of aromatic nitrogens is 2. The first kappa shape index (κ1) is 17.8. The molecular formula is C20H24N6. The van der Waals surface area contributed by atoms with Crippen molar-refractivity contribution in [2.24, 2.45) is 22.1 Å². The molecule has 0 amide bonds. The van der Waals surface area contributed by atoms with Crippen molar-refractivity contribution in [3.63, 3.8) is 0 Å². The smallest absolute Gasteiger partial charge is 0.148 e. The van der Waals surface area contributed by atoms with Gasteiger partial charge in [-0.1, -0.05) is 30.3 Å². The first-order chi connectivity index (χ1) is 12.6. The molecule has 6 nitrogen and oxygen atoms in total. The largest absolute Gasteiger partial charge is 0.337 e. The Balaban J connectivity index is 1.70. The Morgan fingerprint density at radius 1 is 1.23 bits per heavy atom. The van der Waals surface area contributed by atoms with E-state index in [2.05, 4.69) is 44.7 Å². The van der Waals surface area contributed by atoms with Crippen molar-refractivity contribution in [2.75, 3.05) is 6.54 Å². The van der Waals surface area contributed by atoms with Crippen LogP contribution in [0.2, 0.25) is 0 Å². The summed E-state index contributed by atoms with van der Waals surface area (Å²) in [5, 5.41) is 6.55. The lowest BCUT2D eigenvalue weighted by molar-refractivity contribution is 0.407. The van der Waals surface area contributed by atoms with Crippen molar-refractivity contribution in [2.45, 2.75) is 26.7 Å². The van der Waals surface area contributed by atoms with Gasteiger partial charge in [0.2, 0.25) is 0 Å². The fourth-order valence-electron chi connectivity index (χ4n) is 2.78. The molecule has 0 aliphatic carbocycles. The molecule has 0 atom stereocenters. The van der Waals surface area contributed by atoms with E-state index in [1.807, 2.05) is 50.3 Å². The zero-order chi connectivity index (χ0) is 18.5. The van der Waals surface area contributed by atoms with E-state index in [9.17, 15) is 0 Å². The van der Waals surface area contributed by atoms with Crippen LogP contribution >= 0.6 is 0 Å². The Hall–Kier alpha value is -3.02. The highest BCUT2D eigenvalue weighted by atomic mass is 15.5. The number of imidazole rings is 1. The molecule has 1 aliphatic rings. The third-order valence-corrected chi connectivity index (χ3v) is 4.29. The summed E-state index contributed by atoms with van der Waals surface area (Å²) in [5.41, 5.74) is 4.13. The highest BCUT2D eigenvalue weighted by Crippen LogP contribution is 2.18. The van der Waals surface area contributed by atoms with Crippen LogP contribution in [0.5, 0.6) is 0 Å². The molecule has 0 saturated heterocycles. The van der Waals surface area contributed by atoms with Crippen LogP contribution < -0.4 is 0 Å². The summed E-state index contributed by atoms with van der Waals surface area (Å²) in [6, 6.07) is 10.2. The van der Waals surface area contributed by atoms with Crippen LogP contribution in [0.4, 0.5) is 0 Å². The first-order valence-corrected chi connectivity index (χ1v) is 8.66. The lowest BCUT2D eigenvalue weighted by Gasteiger charge is -2.22. The monoisotopic (exact) mass is 348 g/mol. The Kier molecular flexibility index (Phi) is 5.41. The molecule has 6 heteroatoms. The second-order valence-corrected chi connectivity index (χ2v) is 6.39. The number of hydrogen-bond acceptors (Lipinski definition) is 4. The number of aryl methyl sites for hydroxylation is 2. The average molecular weight is 348 g/mol. The number of benzene rings is 1. The minimum Gasteiger partial charge on any atom is -0.337 e. The number of amidine groups is 1. The molecule has 1 aliphatic heterocycles. The second-order valence-electron chi connectivity index (χ2n) is 6.39. The van der Waals surface area contributed by atoms with Crippen molar-refractivity contribution in [3.8, 4) is 11.3 Å². The number of allylic oxidation sites excluding steroid dienone is 1. The quantitative estimate of drug-likeness (QED) is 0.611. The van der Waals surface area contributed by atoms with Crippen molar-refractivity contribution >= 4 is 18.3 Å². The summed E-state index contributed by atoms with van der Waals surface area (Å²) < 4.78 is 2.06. The maximum absolute atomic E-state index is 4.76. The standard InChI is InChI=1S/C20H24N6/c1-15-13-26(16(2)12-22-15)24-19(21-3)10-11-20-23-18(14-25(20)4)17-8-6-5-7-9-17/h5-9,12,14H,3,10-11,13H2,1-2,4H3/b24-19-. The number of hydrazone groups is 1. The van der Waals surface area contributed by atoms with Crippen LogP contribution in [0.3, 0.4) is 0 Å². The Morgan fingerprint density at radius 3 is 2.73 bits per heavy atom.